The number of hydrogen-bond donors (Lipinski definition) is 1. The van der Waals surface area contributed by atoms with Crippen molar-refractivity contribution >= 4 is 28.7 Å². The summed E-state index contributed by atoms with van der Waals surface area (Å²) < 4.78 is 38.4. The monoisotopic (exact) mass is 343 g/mol. The van der Waals surface area contributed by atoms with Crippen molar-refractivity contribution in [3.8, 4) is 0 Å². The highest BCUT2D eigenvalue weighted by molar-refractivity contribution is 8.00. The molecule has 0 aliphatic heterocycles. The molecular weight excluding hydrogens is 327 g/mol. The van der Waals surface area contributed by atoms with Crippen molar-refractivity contribution in [2.75, 3.05) is 6.54 Å². The van der Waals surface area contributed by atoms with E-state index in [1.54, 1.807) is 13.0 Å². The molecule has 0 radical (unpaired) electrons. The Hall–Kier alpha value is -1.96. The van der Waals surface area contributed by atoms with Crippen molar-refractivity contribution < 1.29 is 18.0 Å². The number of carbonyl (C=O) groups is 1. The van der Waals surface area contributed by atoms with Gasteiger partial charge in [-0.3, -0.25) is 4.79 Å². The van der Waals surface area contributed by atoms with Crippen LogP contribution in [0, 0.1) is 0 Å². The van der Waals surface area contributed by atoms with Crippen molar-refractivity contribution in [2.24, 2.45) is 0 Å². The van der Waals surface area contributed by atoms with Crippen LogP contribution in [0.25, 0.3) is 11.0 Å². The van der Waals surface area contributed by atoms with Gasteiger partial charge < -0.3 is 9.88 Å². The number of benzene rings is 1. The highest BCUT2D eigenvalue weighted by Crippen LogP contribution is 2.27. The van der Waals surface area contributed by atoms with Crippen LogP contribution in [0.3, 0.4) is 0 Å². The molecule has 1 unspecified atom stereocenters. The maximum Gasteiger partial charge on any atom is 0.405 e. The van der Waals surface area contributed by atoms with E-state index in [1.807, 2.05) is 34.1 Å². The molecule has 8 heteroatoms. The minimum absolute atomic E-state index is 0.500. The van der Waals surface area contributed by atoms with E-state index in [2.05, 4.69) is 11.6 Å². The molecule has 1 aromatic carbocycles. The fourth-order valence-corrected chi connectivity index (χ4v) is 2.95. The molecule has 0 fully saturated rings. The molecule has 4 nitrogen and oxygen atoms in total. The molecule has 2 rings (SSSR count). The summed E-state index contributed by atoms with van der Waals surface area (Å²) in [7, 11) is 0. The van der Waals surface area contributed by atoms with E-state index in [-0.39, 0.29) is 0 Å². The normalized spacial score (nSPS) is 13.0. The number of nitrogens with one attached hydrogen (secondary N) is 1. The van der Waals surface area contributed by atoms with Gasteiger partial charge in [0.15, 0.2) is 5.16 Å². The second-order valence-corrected chi connectivity index (χ2v) is 6.18. The average molecular weight is 343 g/mol. The minimum atomic E-state index is -4.42. The molecule has 1 heterocycles. The summed E-state index contributed by atoms with van der Waals surface area (Å²) in [6.07, 6.45) is -2.72. The number of allylic oxidation sites excluding steroid dienone is 1. The highest BCUT2D eigenvalue weighted by atomic mass is 32.2. The Morgan fingerprint density at radius 1 is 1.48 bits per heavy atom. The number of hydrogen-bond acceptors (Lipinski definition) is 3. The summed E-state index contributed by atoms with van der Waals surface area (Å²) in [5.74, 6) is -0.676. The Morgan fingerprint density at radius 2 is 2.17 bits per heavy atom. The standard InChI is InChI=1S/C15H16F3N3OS/c1-3-8-21-12-7-5-4-6-11(12)20-14(21)23-10(2)13(22)19-9-15(16,17)18/h3-7,10H,1,8-9H2,2H3,(H,19,22). The summed E-state index contributed by atoms with van der Waals surface area (Å²) in [5.41, 5.74) is 1.65. The lowest BCUT2D eigenvalue weighted by Gasteiger charge is -2.13. The number of fused-ring (bicyclic) bond motifs is 1. The van der Waals surface area contributed by atoms with Crippen LogP contribution in [0.5, 0.6) is 0 Å². The molecule has 0 saturated heterocycles. The third-order valence-electron chi connectivity index (χ3n) is 3.05. The first-order valence-electron chi connectivity index (χ1n) is 6.89. The lowest BCUT2D eigenvalue weighted by atomic mass is 10.3. The van der Waals surface area contributed by atoms with E-state index in [9.17, 15) is 18.0 Å². The van der Waals surface area contributed by atoms with Gasteiger partial charge in [-0.1, -0.05) is 30.0 Å². The first-order chi connectivity index (χ1) is 10.8. The second-order valence-electron chi connectivity index (χ2n) is 4.88. The van der Waals surface area contributed by atoms with Crippen molar-refractivity contribution in [1.82, 2.24) is 14.9 Å². The lowest BCUT2D eigenvalue weighted by molar-refractivity contribution is -0.137. The largest absolute Gasteiger partial charge is 0.405 e. The lowest BCUT2D eigenvalue weighted by Crippen LogP contribution is -2.38. The van der Waals surface area contributed by atoms with Crippen LogP contribution < -0.4 is 5.32 Å². The Kier molecular flexibility index (Phi) is 5.35. The number of imidazole rings is 1. The van der Waals surface area contributed by atoms with Gasteiger partial charge in [0.2, 0.25) is 5.91 Å². The van der Waals surface area contributed by atoms with Crippen LogP contribution in [0.4, 0.5) is 13.2 Å². The highest BCUT2D eigenvalue weighted by Gasteiger charge is 2.29. The van der Waals surface area contributed by atoms with Crippen LogP contribution in [-0.2, 0) is 11.3 Å². The van der Waals surface area contributed by atoms with E-state index in [0.717, 1.165) is 22.8 Å². The van der Waals surface area contributed by atoms with Crippen LogP contribution in [0.2, 0.25) is 0 Å². The van der Waals surface area contributed by atoms with E-state index in [4.69, 9.17) is 0 Å². The van der Waals surface area contributed by atoms with E-state index in [1.165, 1.54) is 0 Å². The molecule has 0 saturated carbocycles. The van der Waals surface area contributed by atoms with Gasteiger partial charge in [-0.15, -0.1) is 6.58 Å². The molecule has 1 aromatic heterocycles. The first-order valence-corrected chi connectivity index (χ1v) is 7.77. The molecule has 2 aromatic rings. The van der Waals surface area contributed by atoms with E-state index in [0.29, 0.717) is 11.7 Å². The number of amides is 1. The van der Waals surface area contributed by atoms with Gasteiger partial charge in [0.1, 0.15) is 6.54 Å². The molecule has 0 spiro atoms. The Bertz CT molecular complexity index is 712. The topological polar surface area (TPSA) is 46.9 Å². The predicted molar refractivity (Wildman–Crippen MR) is 84.3 cm³/mol. The molecular formula is C15H16F3N3OS. The quantitative estimate of drug-likeness (QED) is 0.646. The number of alkyl halides is 3. The summed E-state index contributed by atoms with van der Waals surface area (Å²) >= 11 is 1.12. The number of aromatic nitrogens is 2. The van der Waals surface area contributed by atoms with Gasteiger partial charge in [0, 0.05) is 6.54 Å². The predicted octanol–water partition coefficient (Wildman–Crippen LogP) is 3.38. The molecule has 1 amide bonds. The van der Waals surface area contributed by atoms with Crippen LogP contribution in [0.15, 0.2) is 42.1 Å². The van der Waals surface area contributed by atoms with Gasteiger partial charge >= 0.3 is 6.18 Å². The third kappa shape index (κ3) is 4.51. The zero-order valence-electron chi connectivity index (χ0n) is 12.4. The number of halogens is 3. The van der Waals surface area contributed by atoms with Gasteiger partial charge in [-0.25, -0.2) is 4.98 Å². The zero-order valence-corrected chi connectivity index (χ0v) is 13.2. The molecule has 0 bridgehead atoms. The van der Waals surface area contributed by atoms with Crippen LogP contribution in [-0.4, -0.2) is 33.4 Å². The van der Waals surface area contributed by atoms with Crippen molar-refractivity contribution in [3.05, 3.63) is 36.9 Å². The molecule has 1 N–H and O–H groups in total. The number of rotatable bonds is 6. The summed E-state index contributed by atoms with van der Waals surface area (Å²) in [6, 6.07) is 7.46. The van der Waals surface area contributed by atoms with E-state index < -0.39 is 23.9 Å². The van der Waals surface area contributed by atoms with Gasteiger partial charge in [-0.05, 0) is 19.1 Å². The van der Waals surface area contributed by atoms with Crippen molar-refractivity contribution in [2.45, 2.75) is 30.1 Å². The molecule has 124 valence electrons. The van der Waals surface area contributed by atoms with Gasteiger partial charge in [0.25, 0.3) is 0 Å². The number of para-hydroxylation sites is 2. The summed E-state index contributed by atoms with van der Waals surface area (Å²) in [5, 5.41) is 1.76. The Labute approximate surface area is 135 Å². The fraction of sp³-hybridized carbons (Fsp3) is 0.333. The molecule has 1 atom stereocenters. The van der Waals surface area contributed by atoms with Crippen LogP contribution >= 0.6 is 11.8 Å². The van der Waals surface area contributed by atoms with Crippen molar-refractivity contribution in [1.29, 1.82) is 0 Å². The molecule has 0 aliphatic carbocycles. The number of thioether (sulfide) groups is 1. The smallest absolute Gasteiger partial charge is 0.346 e. The van der Waals surface area contributed by atoms with E-state index >= 15 is 0 Å². The summed E-state index contributed by atoms with van der Waals surface area (Å²) in [6.45, 7) is 4.41. The molecule has 0 aliphatic rings. The fourth-order valence-electron chi connectivity index (χ4n) is 1.99. The minimum Gasteiger partial charge on any atom is -0.346 e. The van der Waals surface area contributed by atoms with Gasteiger partial charge in [0.05, 0.1) is 16.3 Å². The van der Waals surface area contributed by atoms with Crippen molar-refractivity contribution in [3.63, 3.8) is 0 Å². The number of nitrogens with zero attached hydrogens (tertiary/aromatic N) is 2. The Balaban J connectivity index is 2.15. The zero-order chi connectivity index (χ0) is 17.0. The van der Waals surface area contributed by atoms with Crippen LogP contribution in [0.1, 0.15) is 6.92 Å². The Morgan fingerprint density at radius 3 is 2.83 bits per heavy atom. The average Bonchev–Trinajstić information content (AvgIpc) is 2.82. The number of carbonyl (C=O) groups excluding carboxylic acids is 1. The SMILES string of the molecule is C=CCn1c(SC(C)C(=O)NCC(F)(F)F)nc2ccccc21. The summed E-state index contributed by atoms with van der Waals surface area (Å²) in [4.78, 5) is 16.2. The maximum absolute atomic E-state index is 12.2. The first kappa shape index (κ1) is 17.4. The second kappa shape index (κ2) is 7.08. The maximum atomic E-state index is 12.2. The third-order valence-corrected chi connectivity index (χ3v) is 4.14. The van der Waals surface area contributed by atoms with Gasteiger partial charge in [-0.2, -0.15) is 13.2 Å². The molecule has 23 heavy (non-hydrogen) atoms.